The molecule has 158 valence electrons. The fourth-order valence-electron chi connectivity index (χ4n) is 3.90. The highest BCUT2D eigenvalue weighted by atomic mass is 79.9. The summed E-state index contributed by atoms with van der Waals surface area (Å²) in [6.07, 6.45) is -0.917. The van der Waals surface area contributed by atoms with Crippen molar-refractivity contribution in [2.75, 3.05) is 6.61 Å². The van der Waals surface area contributed by atoms with Crippen LogP contribution >= 0.6 is 15.9 Å². The molecule has 1 atom stereocenters. The van der Waals surface area contributed by atoms with Crippen molar-refractivity contribution in [3.63, 3.8) is 0 Å². The van der Waals surface area contributed by atoms with Crippen molar-refractivity contribution in [3.8, 4) is 11.1 Å². The highest BCUT2D eigenvalue weighted by molar-refractivity contribution is 9.10. The van der Waals surface area contributed by atoms with E-state index in [1.807, 2.05) is 48.5 Å². The molecule has 1 aliphatic carbocycles. The second-order valence-corrected chi connectivity index (χ2v) is 8.15. The van der Waals surface area contributed by atoms with Gasteiger partial charge in [0.2, 0.25) is 0 Å². The van der Waals surface area contributed by atoms with Crippen molar-refractivity contribution in [1.29, 1.82) is 0 Å². The van der Waals surface area contributed by atoms with Crippen LogP contribution in [0.3, 0.4) is 0 Å². The standard InChI is InChI=1S/C24H19BrFNO4/c25-21-10-9-15(26)11-14(21)12-22(23(28)29)27-24(30)31-13-20-18-7-3-1-5-16(18)17-6-2-4-8-19(17)20/h1-11,20,22H,12-13H2,(H,27,30)(H,28,29). The molecule has 0 fully saturated rings. The number of hydrogen-bond acceptors (Lipinski definition) is 3. The monoisotopic (exact) mass is 483 g/mol. The molecule has 0 saturated carbocycles. The van der Waals surface area contributed by atoms with Crippen LogP contribution in [0.5, 0.6) is 0 Å². The van der Waals surface area contributed by atoms with Crippen molar-refractivity contribution >= 4 is 28.0 Å². The van der Waals surface area contributed by atoms with E-state index >= 15 is 0 Å². The minimum absolute atomic E-state index is 0.0792. The summed E-state index contributed by atoms with van der Waals surface area (Å²) in [5, 5.41) is 11.9. The maximum atomic E-state index is 13.5. The third kappa shape index (κ3) is 4.46. The zero-order chi connectivity index (χ0) is 22.0. The first-order chi connectivity index (χ1) is 14.9. The van der Waals surface area contributed by atoms with Crippen LogP contribution in [0.4, 0.5) is 9.18 Å². The van der Waals surface area contributed by atoms with Crippen molar-refractivity contribution in [2.24, 2.45) is 0 Å². The predicted octanol–water partition coefficient (Wildman–Crippen LogP) is 5.12. The minimum Gasteiger partial charge on any atom is -0.480 e. The number of nitrogens with one attached hydrogen (secondary N) is 1. The van der Waals surface area contributed by atoms with Gasteiger partial charge >= 0.3 is 12.1 Å². The molecule has 2 N–H and O–H groups in total. The summed E-state index contributed by atoms with van der Waals surface area (Å²) in [6, 6.07) is 18.6. The molecule has 0 aromatic heterocycles. The zero-order valence-electron chi connectivity index (χ0n) is 16.3. The summed E-state index contributed by atoms with van der Waals surface area (Å²) in [5.41, 5.74) is 4.77. The van der Waals surface area contributed by atoms with E-state index in [2.05, 4.69) is 21.2 Å². The molecule has 0 heterocycles. The van der Waals surface area contributed by atoms with Crippen LogP contribution in [0, 0.1) is 5.82 Å². The fourth-order valence-corrected chi connectivity index (χ4v) is 4.31. The van der Waals surface area contributed by atoms with E-state index in [-0.39, 0.29) is 18.9 Å². The molecule has 1 unspecified atom stereocenters. The fraction of sp³-hybridized carbons (Fsp3) is 0.167. The average Bonchev–Trinajstić information content (AvgIpc) is 3.08. The quantitative estimate of drug-likeness (QED) is 0.509. The van der Waals surface area contributed by atoms with Crippen molar-refractivity contribution in [3.05, 3.63) is 93.7 Å². The molecule has 3 aromatic carbocycles. The third-order valence-corrected chi connectivity index (χ3v) is 6.14. The molecule has 0 bridgehead atoms. The Morgan fingerprint density at radius 3 is 2.26 bits per heavy atom. The maximum Gasteiger partial charge on any atom is 0.407 e. The van der Waals surface area contributed by atoms with E-state index in [1.165, 1.54) is 18.2 Å². The Labute approximate surface area is 187 Å². The van der Waals surface area contributed by atoms with Gasteiger partial charge < -0.3 is 15.2 Å². The lowest BCUT2D eigenvalue weighted by Crippen LogP contribution is -2.43. The van der Waals surface area contributed by atoms with Crippen LogP contribution in [-0.2, 0) is 16.0 Å². The van der Waals surface area contributed by atoms with E-state index in [9.17, 15) is 19.1 Å². The molecule has 0 spiro atoms. The number of carboxylic acids is 1. The highest BCUT2D eigenvalue weighted by Crippen LogP contribution is 2.44. The van der Waals surface area contributed by atoms with Crippen LogP contribution in [0.15, 0.2) is 71.2 Å². The summed E-state index contributed by atoms with van der Waals surface area (Å²) in [6.45, 7) is 0.0792. The molecule has 5 nitrogen and oxygen atoms in total. The number of carbonyl (C=O) groups excluding carboxylic acids is 1. The van der Waals surface area contributed by atoms with Gasteiger partial charge in [-0.05, 0) is 46.0 Å². The lowest BCUT2D eigenvalue weighted by molar-refractivity contribution is -0.139. The van der Waals surface area contributed by atoms with E-state index in [0.717, 1.165) is 22.3 Å². The van der Waals surface area contributed by atoms with Gasteiger partial charge in [0, 0.05) is 16.8 Å². The molecule has 0 saturated heterocycles. The van der Waals surface area contributed by atoms with Gasteiger partial charge in [-0.25, -0.2) is 14.0 Å². The molecule has 7 heteroatoms. The number of carboxylic acid groups (broad SMARTS) is 1. The van der Waals surface area contributed by atoms with E-state index < -0.39 is 23.9 Å². The number of carbonyl (C=O) groups is 2. The van der Waals surface area contributed by atoms with Crippen LogP contribution in [-0.4, -0.2) is 29.8 Å². The van der Waals surface area contributed by atoms with Crippen molar-refractivity contribution in [1.82, 2.24) is 5.32 Å². The van der Waals surface area contributed by atoms with Crippen LogP contribution in [0.2, 0.25) is 0 Å². The van der Waals surface area contributed by atoms with Gasteiger partial charge in [-0.1, -0.05) is 64.5 Å². The van der Waals surface area contributed by atoms with E-state index in [1.54, 1.807) is 0 Å². The number of aliphatic carboxylic acids is 1. The molecule has 0 aliphatic heterocycles. The van der Waals surface area contributed by atoms with Gasteiger partial charge in [0.15, 0.2) is 0 Å². The Bertz CT molecular complexity index is 1100. The molecular formula is C24H19BrFNO4. The maximum absolute atomic E-state index is 13.5. The number of hydrogen-bond donors (Lipinski definition) is 2. The zero-order valence-corrected chi connectivity index (χ0v) is 17.9. The van der Waals surface area contributed by atoms with Gasteiger partial charge in [0.25, 0.3) is 0 Å². The predicted molar refractivity (Wildman–Crippen MR) is 117 cm³/mol. The Morgan fingerprint density at radius 2 is 1.65 bits per heavy atom. The largest absolute Gasteiger partial charge is 0.480 e. The van der Waals surface area contributed by atoms with E-state index in [0.29, 0.717) is 10.0 Å². The summed E-state index contributed by atoms with van der Waals surface area (Å²) in [5.74, 6) is -1.84. The highest BCUT2D eigenvalue weighted by Gasteiger charge is 2.30. The molecule has 1 aliphatic rings. The van der Waals surface area contributed by atoms with Crippen molar-refractivity contribution < 1.29 is 23.8 Å². The molecular weight excluding hydrogens is 465 g/mol. The number of alkyl carbamates (subject to hydrolysis) is 1. The van der Waals surface area contributed by atoms with Crippen LogP contribution in [0.25, 0.3) is 11.1 Å². The van der Waals surface area contributed by atoms with Crippen LogP contribution < -0.4 is 5.32 Å². The average molecular weight is 484 g/mol. The SMILES string of the molecule is O=C(NC(Cc1cc(F)ccc1Br)C(=O)O)OCC1c2ccccc2-c2ccccc21. The first kappa shape index (κ1) is 21.1. The number of halogens is 2. The normalized spacial score (nSPS) is 13.2. The molecule has 4 rings (SSSR count). The third-order valence-electron chi connectivity index (χ3n) is 5.37. The smallest absolute Gasteiger partial charge is 0.407 e. The first-order valence-electron chi connectivity index (χ1n) is 9.72. The summed E-state index contributed by atoms with van der Waals surface area (Å²) in [7, 11) is 0. The van der Waals surface area contributed by atoms with Gasteiger partial charge in [0.05, 0.1) is 0 Å². The summed E-state index contributed by atoms with van der Waals surface area (Å²) >= 11 is 3.28. The topological polar surface area (TPSA) is 75.6 Å². The minimum atomic E-state index is -1.26. The summed E-state index contributed by atoms with van der Waals surface area (Å²) in [4.78, 5) is 24.0. The summed E-state index contributed by atoms with van der Waals surface area (Å²) < 4.78 is 19.5. The number of ether oxygens (including phenoxy) is 1. The number of fused-ring (bicyclic) bond motifs is 3. The second-order valence-electron chi connectivity index (χ2n) is 7.30. The van der Waals surface area contributed by atoms with Gasteiger partial charge in [-0.3, -0.25) is 0 Å². The van der Waals surface area contributed by atoms with Gasteiger partial charge in [0.1, 0.15) is 18.5 Å². The molecule has 0 radical (unpaired) electrons. The second kappa shape index (κ2) is 8.89. The number of amides is 1. The molecule has 31 heavy (non-hydrogen) atoms. The Hall–Kier alpha value is -3.19. The van der Waals surface area contributed by atoms with Crippen LogP contribution in [0.1, 0.15) is 22.6 Å². The van der Waals surface area contributed by atoms with Crippen molar-refractivity contribution in [2.45, 2.75) is 18.4 Å². The van der Waals surface area contributed by atoms with Gasteiger partial charge in [-0.2, -0.15) is 0 Å². The van der Waals surface area contributed by atoms with E-state index in [4.69, 9.17) is 4.74 Å². The number of benzene rings is 3. The lowest BCUT2D eigenvalue weighted by atomic mass is 9.98. The Balaban J connectivity index is 1.45. The molecule has 1 amide bonds. The lowest BCUT2D eigenvalue weighted by Gasteiger charge is -2.18. The first-order valence-corrected chi connectivity index (χ1v) is 10.5. The Morgan fingerprint density at radius 1 is 1.03 bits per heavy atom. The Kier molecular flexibility index (Phi) is 6.04. The number of rotatable bonds is 6. The molecule has 3 aromatic rings. The van der Waals surface area contributed by atoms with Gasteiger partial charge in [-0.15, -0.1) is 0 Å².